The number of carbonyl (C=O) groups is 1. The predicted octanol–water partition coefficient (Wildman–Crippen LogP) is -0.0582. The standard InChI is InChI=1S/C9H12N2O3/c1-5-3-6(7(12)11-4-5)9(2,10)8(13)14/h3-4H,10H2,1-2H3,(H,11,12)(H,13,14)/t9-/m1/s1. The molecule has 0 aliphatic carbocycles. The Bertz CT molecular complexity index is 420. The van der Waals surface area contributed by atoms with Crippen molar-refractivity contribution in [1.82, 2.24) is 4.98 Å². The van der Waals surface area contributed by atoms with Crippen molar-refractivity contribution in [3.05, 3.63) is 33.7 Å². The fourth-order valence-corrected chi connectivity index (χ4v) is 1.09. The van der Waals surface area contributed by atoms with Gasteiger partial charge in [0.05, 0.1) is 0 Å². The van der Waals surface area contributed by atoms with E-state index in [0.717, 1.165) is 5.56 Å². The minimum absolute atomic E-state index is 0.0602. The molecule has 1 aromatic rings. The van der Waals surface area contributed by atoms with Crippen molar-refractivity contribution in [3.63, 3.8) is 0 Å². The van der Waals surface area contributed by atoms with E-state index in [2.05, 4.69) is 4.98 Å². The zero-order valence-corrected chi connectivity index (χ0v) is 8.00. The molecule has 4 N–H and O–H groups in total. The van der Waals surface area contributed by atoms with Gasteiger partial charge < -0.3 is 15.8 Å². The number of aryl methyl sites for hydroxylation is 1. The van der Waals surface area contributed by atoms with E-state index in [1.54, 1.807) is 6.92 Å². The minimum Gasteiger partial charge on any atom is -0.480 e. The highest BCUT2D eigenvalue weighted by Gasteiger charge is 2.32. The van der Waals surface area contributed by atoms with Gasteiger partial charge in [-0.2, -0.15) is 0 Å². The molecule has 0 saturated heterocycles. The lowest BCUT2D eigenvalue weighted by molar-refractivity contribution is -0.143. The summed E-state index contributed by atoms with van der Waals surface area (Å²) in [5.41, 5.74) is 4.23. The van der Waals surface area contributed by atoms with Gasteiger partial charge >= 0.3 is 5.97 Å². The minimum atomic E-state index is -1.65. The van der Waals surface area contributed by atoms with Crippen molar-refractivity contribution < 1.29 is 9.90 Å². The Morgan fingerprint density at radius 1 is 1.64 bits per heavy atom. The van der Waals surface area contributed by atoms with Crippen LogP contribution in [0.3, 0.4) is 0 Å². The lowest BCUT2D eigenvalue weighted by Crippen LogP contribution is -2.45. The van der Waals surface area contributed by atoms with Crippen LogP contribution in [-0.2, 0) is 10.3 Å². The van der Waals surface area contributed by atoms with E-state index in [-0.39, 0.29) is 5.56 Å². The molecular weight excluding hydrogens is 184 g/mol. The molecule has 1 rings (SSSR count). The fraction of sp³-hybridized carbons (Fsp3) is 0.333. The van der Waals surface area contributed by atoms with Crippen LogP contribution in [0.1, 0.15) is 18.1 Å². The molecule has 0 aromatic carbocycles. The summed E-state index contributed by atoms with van der Waals surface area (Å²) in [4.78, 5) is 24.6. The smallest absolute Gasteiger partial charge is 0.328 e. The number of hydrogen-bond donors (Lipinski definition) is 3. The highest BCUT2D eigenvalue weighted by atomic mass is 16.4. The Kier molecular flexibility index (Phi) is 2.44. The molecule has 0 spiro atoms. The Hall–Kier alpha value is -1.62. The second-order valence-corrected chi connectivity index (χ2v) is 3.43. The van der Waals surface area contributed by atoms with Gasteiger partial charge in [0.25, 0.3) is 5.56 Å². The average Bonchev–Trinajstić information content (AvgIpc) is 2.08. The largest absolute Gasteiger partial charge is 0.480 e. The van der Waals surface area contributed by atoms with Crippen molar-refractivity contribution in [2.75, 3.05) is 0 Å². The van der Waals surface area contributed by atoms with Crippen LogP contribution in [-0.4, -0.2) is 16.1 Å². The Morgan fingerprint density at radius 3 is 2.71 bits per heavy atom. The molecular formula is C9H12N2O3. The number of nitrogens with two attached hydrogens (primary N) is 1. The first-order valence-electron chi connectivity index (χ1n) is 4.08. The molecule has 0 unspecified atom stereocenters. The highest BCUT2D eigenvalue weighted by molar-refractivity contribution is 5.79. The first-order chi connectivity index (χ1) is 6.35. The Morgan fingerprint density at radius 2 is 2.21 bits per heavy atom. The number of hydrogen-bond acceptors (Lipinski definition) is 3. The number of pyridine rings is 1. The van der Waals surface area contributed by atoms with Crippen molar-refractivity contribution in [1.29, 1.82) is 0 Å². The summed E-state index contributed by atoms with van der Waals surface area (Å²) in [7, 11) is 0. The first-order valence-corrected chi connectivity index (χ1v) is 4.08. The summed E-state index contributed by atoms with van der Waals surface area (Å²) in [6.45, 7) is 3.04. The van der Waals surface area contributed by atoms with E-state index in [1.165, 1.54) is 19.2 Å². The van der Waals surface area contributed by atoms with Gasteiger partial charge in [0, 0.05) is 11.8 Å². The van der Waals surface area contributed by atoms with Gasteiger partial charge in [-0.3, -0.25) is 4.79 Å². The summed E-state index contributed by atoms with van der Waals surface area (Å²) < 4.78 is 0. The topological polar surface area (TPSA) is 96.2 Å². The van der Waals surface area contributed by atoms with E-state index in [0.29, 0.717) is 0 Å². The molecule has 76 valence electrons. The van der Waals surface area contributed by atoms with Gasteiger partial charge in [-0.1, -0.05) is 0 Å². The molecule has 1 atom stereocenters. The fourth-order valence-electron chi connectivity index (χ4n) is 1.09. The second-order valence-electron chi connectivity index (χ2n) is 3.43. The maximum atomic E-state index is 11.3. The van der Waals surface area contributed by atoms with Crippen molar-refractivity contribution in [2.24, 2.45) is 5.73 Å². The quantitative estimate of drug-likeness (QED) is 0.617. The van der Waals surface area contributed by atoms with Crippen LogP contribution in [0.25, 0.3) is 0 Å². The lowest BCUT2D eigenvalue weighted by Gasteiger charge is -2.18. The zero-order valence-electron chi connectivity index (χ0n) is 8.00. The van der Waals surface area contributed by atoms with Gasteiger partial charge in [0.2, 0.25) is 0 Å². The molecule has 14 heavy (non-hydrogen) atoms. The monoisotopic (exact) mass is 196 g/mol. The summed E-state index contributed by atoms with van der Waals surface area (Å²) in [5, 5.41) is 8.83. The molecule has 0 aliphatic heterocycles. The third kappa shape index (κ3) is 1.67. The molecule has 0 aliphatic rings. The normalized spacial score (nSPS) is 14.8. The van der Waals surface area contributed by atoms with Crippen LogP contribution in [0.15, 0.2) is 17.1 Å². The number of carboxylic acid groups (broad SMARTS) is 1. The highest BCUT2D eigenvalue weighted by Crippen LogP contribution is 2.14. The molecule has 0 radical (unpaired) electrons. The lowest BCUT2D eigenvalue weighted by atomic mass is 9.94. The molecule has 0 saturated carbocycles. The van der Waals surface area contributed by atoms with Crippen LogP contribution in [0.4, 0.5) is 0 Å². The van der Waals surface area contributed by atoms with Gasteiger partial charge in [-0.25, -0.2) is 4.79 Å². The van der Waals surface area contributed by atoms with Crippen LogP contribution in [0.5, 0.6) is 0 Å². The van der Waals surface area contributed by atoms with Crippen LogP contribution in [0.2, 0.25) is 0 Å². The molecule has 0 amide bonds. The van der Waals surface area contributed by atoms with Gasteiger partial charge in [0.15, 0.2) is 0 Å². The van der Waals surface area contributed by atoms with Crippen LogP contribution < -0.4 is 11.3 Å². The molecule has 0 fully saturated rings. The third-order valence-electron chi connectivity index (χ3n) is 2.05. The zero-order chi connectivity index (χ0) is 10.9. The Labute approximate surface area is 80.6 Å². The van der Waals surface area contributed by atoms with E-state index in [4.69, 9.17) is 10.8 Å². The number of carboxylic acids is 1. The number of H-pyrrole nitrogens is 1. The number of rotatable bonds is 2. The van der Waals surface area contributed by atoms with E-state index in [9.17, 15) is 9.59 Å². The number of aromatic nitrogens is 1. The van der Waals surface area contributed by atoms with Crippen molar-refractivity contribution >= 4 is 5.97 Å². The molecule has 0 bridgehead atoms. The van der Waals surface area contributed by atoms with Gasteiger partial charge in [-0.05, 0) is 25.5 Å². The first kappa shape index (κ1) is 10.5. The van der Waals surface area contributed by atoms with Crippen molar-refractivity contribution in [3.8, 4) is 0 Å². The predicted molar refractivity (Wildman–Crippen MR) is 51.0 cm³/mol. The molecule has 1 heterocycles. The maximum Gasteiger partial charge on any atom is 0.328 e. The Balaban J connectivity index is 3.39. The maximum absolute atomic E-state index is 11.3. The molecule has 5 heteroatoms. The summed E-state index contributed by atoms with van der Waals surface area (Å²) in [6.07, 6.45) is 1.50. The van der Waals surface area contributed by atoms with Gasteiger partial charge in [-0.15, -0.1) is 0 Å². The summed E-state index contributed by atoms with van der Waals surface area (Å²) in [6, 6.07) is 1.48. The summed E-state index contributed by atoms with van der Waals surface area (Å²) in [5.74, 6) is -1.23. The number of aliphatic carboxylic acids is 1. The molecule has 1 aromatic heterocycles. The van der Waals surface area contributed by atoms with E-state index in [1.807, 2.05) is 0 Å². The second kappa shape index (κ2) is 3.26. The number of nitrogens with one attached hydrogen (secondary N) is 1. The number of aromatic amines is 1. The molecule has 5 nitrogen and oxygen atoms in total. The van der Waals surface area contributed by atoms with E-state index < -0.39 is 17.1 Å². The SMILES string of the molecule is Cc1c[nH]c(=O)c([C@@](C)(N)C(=O)O)c1. The van der Waals surface area contributed by atoms with E-state index >= 15 is 0 Å². The summed E-state index contributed by atoms with van der Waals surface area (Å²) >= 11 is 0. The van der Waals surface area contributed by atoms with Gasteiger partial charge in [0.1, 0.15) is 5.54 Å². The third-order valence-corrected chi connectivity index (χ3v) is 2.05. The van der Waals surface area contributed by atoms with Crippen LogP contribution in [0, 0.1) is 6.92 Å². The average molecular weight is 196 g/mol. The van der Waals surface area contributed by atoms with Crippen molar-refractivity contribution in [2.45, 2.75) is 19.4 Å². The van der Waals surface area contributed by atoms with Crippen LogP contribution >= 0.6 is 0 Å².